The number of benzene rings is 1. The lowest BCUT2D eigenvalue weighted by Crippen LogP contribution is -2.21. The molecule has 2 heterocycles. The van der Waals surface area contributed by atoms with E-state index in [0.29, 0.717) is 17.4 Å². The van der Waals surface area contributed by atoms with E-state index in [2.05, 4.69) is 15.3 Å². The Morgan fingerprint density at radius 2 is 2.03 bits per heavy atom. The van der Waals surface area contributed by atoms with Crippen LogP contribution in [0.4, 0.5) is 11.6 Å². The minimum Gasteiger partial charge on any atom is -0.343 e. The van der Waals surface area contributed by atoms with Crippen molar-refractivity contribution in [1.82, 2.24) is 19.9 Å². The second-order valence-corrected chi connectivity index (χ2v) is 8.27. The van der Waals surface area contributed by atoms with Crippen LogP contribution in [0, 0.1) is 0 Å². The number of carbonyl (C=O) groups is 2. The third-order valence-corrected chi connectivity index (χ3v) is 5.73. The van der Waals surface area contributed by atoms with Crippen LogP contribution in [0.2, 0.25) is 0 Å². The minimum absolute atomic E-state index is 0.0966. The van der Waals surface area contributed by atoms with E-state index in [1.807, 2.05) is 30.5 Å². The molecule has 0 unspecified atom stereocenters. The van der Waals surface area contributed by atoms with Crippen molar-refractivity contribution in [2.24, 2.45) is 0 Å². The number of nitrogens with zero attached hydrogens (tertiary/aromatic N) is 4. The molecule has 0 saturated heterocycles. The summed E-state index contributed by atoms with van der Waals surface area (Å²) in [5.41, 5.74) is 4.57. The normalized spacial score (nSPS) is 12.1. The SMILES string of the molecule is CC(=O)Cc1cccc(Nc2ncc3c(n2)-c2sc(C(=O)N(C)C)nc2CC3)c1. The summed E-state index contributed by atoms with van der Waals surface area (Å²) in [6.45, 7) is 1.58. The summed E-state index contributed by atoms with van der Waals surface area (Å²) in [5, 5.41) is 3.71. The molecule has 29 heavy (non-hydrogen) atoms. The van der Waals surface area contributed by atoms with Gasteiger partial charge in [0.15, 0.2) is 5.01 Å². The van der Waals surface area contributed by atoms with Crippen molar-refractivity contribution in [3.05, 3.63) is 52.3 Å². The summed E-state index contributed by atoms with van der Waals surface area (Å²) >= 11 is 1.38. The molecule has 0 fully saturated rings. The maximum absolute atomic E-state index is 12.3. The van der Waals surface area contributed by atoms with Crippen molar-refractivity contribution in [3.8, 4) is 10.6 Å². The number of aromatic nitrogens is 3. The predicted octanol–water partition coefficient (Wildman–Crippen LogP) is 3.28. The summed E-state index contributed by atoms with van der Waals surface area (Å²) in [6, 6.07) is 7.67. The monoisotopic (exact) mass is 407 g/mol. The molecule has 0 spiro atoms. The van der Waals surface area contributed by atoms with Crippen LogP contribution >= 0.6 is 11.3 Å². The fourth-order valence-corrected chi connectivity index (χ4v) is 4.42. The van der Waals surface area contributed by atoms with Crippen molar-refractivity contribution >= 4 is 34.7 Å². The fraction of sp³-hybridized carbons (Fsp3) is 0.286. The number of fused-ring (bicyclic) bond motifs is 3. The molecule has 2 aromatic heterocycles. The van der Waals surface area contributed by atoms with Crippen molar-refractivity contribution in [1.29, 1.82) is 0 Å². The molecule has 0 saturated carbocycles. The Bertz CT molecular complexity index is 1110. The van der Waals surface area contributed by atoms with E-state index in [4.69, 9.17) is 4.98 Å². The Hall–Kier alpha value is -3.13. The number of ketones is 1. The number of aryl methyl sites for hydroxylation is 2. The number of nitrogens with one attached hydrogen (secondary N) is 1. The Kier molecular flexibility index (Phi) is 5.10. The molecule has 0 aliphatic heterocycles. The molecule has 4 rings (SSSR count). The van der Waals surface area contributed by atoms with Crippen LogP contribution in [0.5, 0.6) is 0 Å². The van der Waals surface area contributed by atoms with Crippen LogP contribution in [0.15, 0.2) is 30.5 Å². The van der Waals surface area contributed by atoms with Gasteiger partial charge in [-0.05, 0) is 43.0 Å². The predicted molar refractivity (Wildman–Crippen MR) is 113 cm³/mol. The Labute approximate surface area is 172 Å². The third-order valence-electron chi connectivity index (χ3n) is 4.63. The quantitative estimate of drug-likeness (QED) is 0.698. The highest BCUT2D eigenvalue weighted by atomic mass is 32.1. The van der Waals surface area contributed by atoms with Gasteiger partial charge >= 0.3 is 0 Å². The van der Waals surface area contributed by atoms with Crippen LogP contribution < -0.4 is 5.32 Å². The molecule has 1 amide bonds. The van der Waals surface area contributed by atoms with Gasteiger partial charge in [0.2, 0.25) is 5.95 Å². The van der Waals surface area contributed by atoms with Gasteiger partial charge in [-0.15, -0.1) is 11.3 Å². The summed E-state index contributed by atoms with van der Waals surface area (Å²) < 4.78 is 0. The first-order chi connectivity index (χ1) is 13.9. The van der Waals surface area contributed by atoms with Gasteiger partial charge in [0, 0.05) is 32.4 Å². The van der Waals surface area contributed by atoms with Crippen LogP contribution in [0.3, 0.4) is 0 Å². The zero-order valence-electron chi connectivity index (χ0n) is 16.5. The van der Waals surface area contributed by atoms with Gasteiger partial charge in [-0.1, -0.05) is 12.1 Å². The van der Waals surface area contributed by atoms with Gasteiger partial charge in [0.1, 0.15) is 5.78 Å². The smallest absolute Gasteiger partial charge is 0.282 e. The molecule has 7 nitrogen and oxygen atoms in total. The summed E-state index contributed by atoms with van der Waals surface area (Å²) in [7, 11) is 3.45. The van der Waals surface area contributed by atoms with Crippen LogP contribution in [0.25, 0.3) is 10.6 Å². The molecule has 8 heteroatoms. The first-order valence-electron chi connectivity index (χ1n) is 9.34. The molecule has 148 valence electrons. The fourth-order valence-electron chi connectivity index (χ4n) is 3.26. The van der Waals surface area contributed by atoms with E-state index >= 15 is 0 Å². The molecule has 0 radical (unpaired) electrons. The van der Waals surface area contributed by atoms with Gasteiger partial charge in [-0.2, -0.15) is 0 Å². The van der Waals surface area contributed by atoms with Gasteiger partial charge in [-0.3, -0.25) is 9.59 Å². The van der Waals surface area contributed by atoms with Gasteiger partial charge < -0.3 is 10.2 Å². The lowest BCUT2D eigenvalue weighted by Gasteiger charge is -2.15. The zero-order chi connectivity index (χ0) is 20.5. The number of anilines is 2. The average Bonchev–Trinajstić information content (AvgIpc) is 3.12. The number of Topliss-reactive ketones (excluding diaryl/α,β-unsaturated/α-hetero) is 1. The molecule has 1 N–H and O–H groups in total. The lowest BCUT2D eigenvalue weighted by atomic mass is 10.00. The molecule has 1 aromatic carbocycles. The topological polar surface area (TPSA) is 88.1 Å². The van der Waals surface area contributed by atoms with Crippen molar-refractivity contribution in [2.75, 3.05) is 19.4 Å². The number of thiazole rings is 1. The number of rotatable bonds is 5. The number of amides is 1. The molecular weight excluding hydrogens is 386 g/mol. The van der Waals surface area contributed by atoms with Crippen molar-refractivity contribution in [3.63, 3.8) is 0 Å². The maximum atomic E-state index is 12.3. The molecule has 1 aliphatic carbocycles. The summed E-state index contributed by atoms with van der Waals surface area (Å²) in [5.74, 6) is 0.499. The van der Waals surface area contributed by atoms with Gasteiger partial charge in [-0.25, -0.2) is 15.0 Å². The van der Waals surface area contributed by atoms with E-state index in [-0.39, 0.29) is 11.7 Å². The summed E-state index contributed by atoms with van der Waals surface area (Å²) in [6.07, 6.45) is 3.81. The molecule has 0 atom stereocenters. The lowest BCUT2D eigenvalue weighted by molar-refractivity contribution is -0.116. The van der Waals surface area contributed by atoms with Crippen LogP contribution in [-0.2, 0) is 24.1 Å². The number of carbonyl (C=O) groups excluding carboxylic acids is 2. The molecule has 1 aliphatic rings. The highest BCUT2D eigenvalue weighted by molar-refractivity contribution is 7.17. The number of hydrogen-bond acceptors (Lipinski definition) is 7. The van der Waals surface area contributed by atoms with Crippen molar-refractivity contribution < 1.29 is 9.59 Å². The largest absolute Gasteiger partial charge is 0.343 e. The highest BCUT2D eigenvalue weighted by Crippen LogP contribution is 2.37. The van der Waals surface area contributed by atoms with Crippen molar-refractivity contribution in [2.45, 2.75) is 26.2 Å². The summed E-state index contributed by atoms with van der Waals surface area (Å²) in [4.78, 5) is 39.8. The second-order valence-electron chi connectivity index (χ2n) is 7.27. The average molecular weight is 407 g/mol. The third kappa shape index (κ3) is 4.02. The zero-order valence-corrected chi connectivity index (χ0v) is 17.3. The maximum Gasteiger partial charge on any atom is 0.282 e. The number of hydrogen-bond donors (Lipinski definition) is 1. The van der Waals surface area contributed by atoms with E-state index in [0.717, 1.165) is 45.9 Å². The van der Waals surface area contributed by atoms with E-state index in [1.165, 1.54) is 16.2 Å². The Morgan fingerprint density at radius 3 is 2.79 bits per heavy atom. The van der Waals surface area contributed by atoms with Crippen LogP contribution in [-0.4, -0.2) is 45.6 Å². The first-order valence-corrected chi connectivity index (χ1v) is 10.2. The van der Waals surface area contributed by atoms with E-state index < -0.39 is 0 Å². The molecular formula is C21H21N5O2S. The first kappa shape index (κ1) is 19.2. The highest BCUT2D eigenvalue weighted by Gasteiger charge is 2.25. The minimum atomic E-state index is -0.0966. The van der Waals surface area contributed by atoms with E-state index in [1.54, 1.807) is 21.0 Å². The van der Waals surface area contributed by atoms with Gasteiger partial charge in [0.05, 0.1) is 16.3 Å². The second kappa shape index (κ2) is 7.71. The van der Waals surface area contributed by atoms with Crippen LogP contribution in [0.1, 0.15) is 33.5 Å². The van der Waals surface area contributed by atoms with Gasteiger partial charge in [0.25, 0.3) is 5.91 Å². The molecule has 3 aromatic rings. The Balaban J connectivity index is 1.64. The standard InChI is InChI=1S/C21H21N5O2S/c1-12(27)9-13-5-4-6-15(10-13)23-21-22-11-14-7-8-16-18(17(14)25-21)29-19(24-16)20(28)26(2)3/h4-6,10-11H,7-9H2,1-3H3,(H,22,23,25). The Morgan fingerprint density at radius 1 is 1.21 bits per heavy atom. The molecule has 0 bridgehead atoms. The van der Waals surface area contributed by atoms with E-state index in [9.17, 15) is 9.59 Å².